The lowest BCUT2D eigenvalue weighted by atomic mass is 10.1. The molecule has 1 aliphatic rings. The highest BCUT2D eigenvalue weighted by Gasteiger charge is 2.27. The van der Waals surface area contributed by atoms with E-state index in [1.807, 2.05) is 0 Å². The van der Waals surface area contributed by atoms with Gasteiger partial charge in [0, 0.05) is 24.6 Å². The van der Waals surface area contributed by atoms with Crippen LogP contribution in [0.2, 0.25) is 0 Å². The fourth-order valence-corrected chi connectivity index (χ4v) is 2.74. The first-order valence-electron chi connectivity index (χ1n) is 5.61. The molecule has 1 fully saturated rings. The van der Waals surface area contributed by atoms with Crippen LogP contribution in [0.5, 0.6) is 0 Å². The van der Waals surface area contributed by atoms with Gasteiger partial charge in [0.2, 0.25) is 0 Å². The van der Waals surface area contributed by atoms with Crippen LogP contribution in [0.1, 0.15) is 10.4 Å². The molecule has 19 heavy (non-hydrogen) atoms. The highest BCUT2D eigenvalue weighted by molar-refractivity contribution is 7.99. The van der Waals surface area contributed by atoms with Crippen LogP contribution in [0.25, 0.3) is 0 Å². The molecule has 2 N–H and O–H groups in total. The second-order valence-corrected chi connectivity index (χ2v) is 5.28. The maximum atomic E-state index is 13.3. The summed E-state index contributed by atoms with van der Waals surface area (Å²) in [7, 11) is 0. The lowest BCUT2D eigenvalue weighted by Crippen LogP contribution is -2.38. The van der Waals surface area contributed by atoms with Crippen LogP contribution in [-0.2, 0) is 0 Å². The molecule has 1 saturated heterocycles. The minimum absolute atomic E-state index is 0.157. The number of thioether (sulfide) groups is 1. The number of halogens is 1. The molecule has 8 heteroatoms. The van der Waals surface area contributed by atoms with Gasteiger partial charge in [-0.25, -0.2) is 4.39 Å². The highest BCUT2D eigenvalue weighted by atomic mass is 32.2. The van der Waals surface area contributed by atoms with E-state index in [1.165, 1.54) is 4.90 Å². The lowest BCUT2D eigenvalue weighted by Gasteiger charge is -2.26. The molecule has 0 bridgehead atoms. The number of rotatable bonds is 2. The molecule has 1 amide bonds. The summed E-state index contributed by atoms with van der Waals surface area (Å²) in [5, 5.41) is 10.9. The van der Waals surface area contributed by atoms with Crippen molar-refractivity contribution >= 4 is 29.0 Å². The number of nitrogen functional groups attached to an aromatic ring is 1. The van der Waals surface area contributed by atoms with Crippen molar-refractivity contribution in [3.63, 3.8) is 0 Å². The third-order valence-electron chi connectivity index (χ3n) is 2.84. The number of carbonyl (C=O) groups is 1. The van der Waals surface area contributed by atoms with Crippen molar-refractivity contribution in [2.75, 3.05) is 30.3 Å². The zero-order valence-electron chi connectivity index (χ0n) is 9.97. The second kappa shape index (κ2) is 5.43. The van der Waals surface area contributed by atoms with Gasteiger partial charge in [-0.3, -0.25) is 14.9 Å². The van der Waals surface area contributed by atoms with Crippen molar-refractivity contribution in [2.45, 2.75) is 0 Å². The van der Waals surface area contributed by atoms with Crippen LogP contribution in [0.3, 0.4) is 0 Å². The molecular formula is C11H12FN3O3S. The zero-order chi connectivity index (χ0) is 14.0. The number of nitrogens with two attached hydrogens (primary N) is 1. The van der Waals surface area contributed by atoms with E-state index in [-0.39, 0.29) is 11.3 Å². The molecule has 0 radical (unpaired) electrons. The molecule has 0 aromatic heterocycles. The number of nitrogens with zero attached hydrogens (tertiary/aromatic N) is 2. The molecule has 1 aromatic rings. The fraction of sp³-hybridized carbons (Fsp3) is 0.364. The Kier molecular flexibility index (Phi) is 3.89. The quantitative estimate of drug-likeness (QED) is 0.505. The number of benzene rings is 1. The minimum atomic E-state index is -0.891. The van der Waals surface area contributed by atoms with E-state index >= 15 is 0 Å². The van der Waals surface area contributed by atoms with Crippen molar-refractivity contribution in [3.8, 4) is 0 Å². The number of nitro benzene ring substituents is 1. The Balaban J connectivity index is 2.39. The van der Waals surface area contributed by atoms with Crippen LogP contribution in [0.15, 0.2) is 12.1 Å². The maximum Gasteiger partial charge on any atom is 0.285 e. The zero-order valence-corrected chi connectivity index (χ0v) is 10.8. The van der Waals surface area contributed by atoms with Crippen LogP contribution in [0, 0.1) is 15.9 Å². The van der Waals surface area contributed by atoms with Gasteiger partial charge in [0.15, 0.2) is 5.82 Å². The predicted molar refractivity (Wildman–Crippen MR) is 70.7 cm³/mol. The molecule has 0 unspecified atom stereocenters. The molecule has 6 nitrogen and oxygen atoms in total. The van der Waals surface area contributed by atoms with Crippen molar-refractivity contribution < 1.29 is 14.1 Å². The Bertz CT molecular complexity index is 532. The van der Waals surface area contributed by atoms with Gasteiger partial charge < -0.3 is 10.6 Å². The summed E-state index contributed by atoms with van der Waals surface area (Å²) < 4.78 is 13.3. The first kappa shape index (κ1) is 13.6. The van der Waals surface area contributed by atoms with Gasteiger partial charge in [-0.2, -0.15) is 11.8 Å². The van der Waals surface area contributed by atoms with E-state index in [2.05, 4.69) is 0 Å². The minimum Gasteiger partial charge on any atom is -0.396 e. The van der Waals surface area contributed by atoms with Crippen LogP contribution >= 0.6 is 11.8 Å². The number of hydrogen-bond donors (Lipinski definition) is 1. The summed E-state index contributed by atoms with van der Waals surface area (Å²) in [5.74, 6) is 0.211. The monoisotopic (exact) mass is 285 g/mol. The third-order valence-corrected chi connectivity index (χ3v) is 3.78. The molecule has 2 rings (SSSR count). The Labute approximate surface area is 112 Å². The summed E-state index contributed by atoms with van der Waals surface area (Å²) in [4.78, 5) is 23.9. The summed E-state index contributed by atoms with van der Waals surface area (Å²) >= 11 is 1.71. The number of amides is 1. The molecule has 0 aliphatic carbocycles. The predicted octanol–water partition coefficient (Wildman–Crippen LogP) is 1.51. The van der Waals surface area contributed by atoms with E-state index in [9.17, 15) is 19.3 Å². The molecule has 0 saturated carbocycles. The van der Waals surface area contributed by atoms with Crippen LogP contribution in [-0.4, -0.2) is 40.3 Å². The normalized spacial score (nSPS) is 15.3. The maximum absolute atomic E-state index is 13.3. The molecular weight excluding hydrogens is 273 g/mol. The number of anilines is 1. The molecule has 1 heterocycles. The summed E-state index contributed by atoms with van der Waals surface area (Å²) in [5.41, 5.74) is 4.42. The molecule has 0 spiro atoms. The van der Waals surface area contributed by atoms with Gasteiger partial charge >= 0.3 is 0 Å². The van der Waals surface area contributed by atoms with Gasteiger partial charge in [0.05, 0.1) is 16.7 Å². The van der Waals surface area contributed by atoms with Crippen LogP contribution < -0.4 is 5.73 Å². The van der Waals surface area contributed by atoms with Gasteiger partial charge in [0.25, 0.3) is 11.6 Å². The van der Waals surface area contributed by atoms with Gasteiger partial charge in [-0.05, 0) is 6.07 Å². The lowest BCUT2D eigenvalue weighted by molar-refractivity contribution is -0.385. The Morgan fingerprint density at radius 1 is 1.42 bits per heavy atom. The van der Waals surface area contributed by atoms with E-state index in [0.717, 1.165) is 17.6 Å². The van der Waals surface area contributed by atoms with Crippen molar-refractivity contribution in [2.24, 2.45) is 0 Å². The molecule has 1 aliphatic heterocycles. The smallest absolute Gasteiger partial charge is 0.285 e. The van der Waals surface area contributed by atoms with Crippen LogP contribution in [0.4, 0.5) is 15.8 Å². The van der Waals surface area contributed by atoms with E-state index in [4.69, 9.17) is 5.73 Å². The first-order chi connectivity index (χ1) is 9.00. The average Bonchev–Trinajstić information content (AvgIpc) is 2.41. The van der Waals surface area contributed by atoms with Crippen molar-refractivity contribution in [1.29, 1.82) is 0 Å². The largest absolute Gasteiger partial charge is 0.396 e. The number of nitro groups is 1. The first-order valence-corrected chi connectivity index (χ1v) is 6.76. The van der Waals surface area contributed by atoms with Gasteiger partial charge in [-0.15, -0.1) is 0 Å². The van der Waals surface area contributed by atoms with E-state index in [1.54, 1.807) is 11.8 Å². The highest BCUT2D eigenvalue weighted by Crippen LogP contribution is 2.26. The van der Waals surface area contributed by atoms with Crippen molar-refractivity contribution in [1.82, 2.24) is 4.90 Å². The third kappa shape index (κ3) is 2.78. The standard InChI is InChI=1S/C11H12FN3O3S/c12-8-6-10(15(17)18)7(5-9(8)13)11(16)14-1-3-19-4-2-14/h5-6H,1-4,13H2. The summed E-state index contributed by atoms with van der Waals surface area (Å²) in [6.45, 7) is 1.05. The Morgan fingerprint density at radius 3 is 2.63 bits per heavy atom. The number of carbonyl (C=O) groups excluding carboxylic acids is 1. The SMILES string of the molecule is Nc1cc(C(=O)N2CCSCC2)c([N+](=O)[O-])cc1F. The van der Waals surface area contributed by atoms with Gasteiger partial charge in [-0.1, -0.05) is 0 Å². The fourth-order valence-electron chi connectivity index (χ4n) is 1.84. The van der Waals surface area contributed by atoms with E-state index < -0.39 is 22.3 Å². The molecule has 0 atom stereocenters. The van der Waals surface area contributed by atoms with E-state index in [0.29, 0.717) is 19.2 Å². The van der Waals surface area contributed by atoms with Crippen molar-refractivity contribution in [3.05, 3.63) is 33.6 Å². The topological polar surface area (TPSA) is 89.5 Å². The average molecular weight is 285 g/mol. The second-order valence-electron chi connectivity index (χ2n) is 4.05. The Hall–Kier alpha value is -1.83. The molecule has 1 aromatic carbocycles. The van der Waals surface area contributed by atoms with Gasteiger partial charge in [0.1, 0.15) is 5.56 Å². The Morgan fingerprint density at radius 2 is 2.05 bits per heavy atom. The molecule has 102 valence electrons. The number of hydrogen-bond acceptors (Lipinski definition) is 5. The summed E-state index contributed by atoms with van der Waals surface area (Å²) in [6, 6.07) is 1.73. The summed E-state index contributed by atoms with van der Waals surface area (Å²) in [6.07, 6.45) is 0.